The second-order valence-corrected chi connectivity index (χ2v) is 4.24. The zero-order valence-corrected chi connectivity index (χ0v) is 11.2. The molecule has 9 heteroatoms. The Bertz CT molecular complexity index is 792. The van der Waals surface area contributed by atoms with Crippen molar-refractivity contribution >= 4 is 17.1 Å². The molecule has 2 N–H and O–H groups in total. The number of methoxy groups -OCH3 is 1. The van der Waals surface area contributed by atoms with Crippen LogP contribution in [0.5, 0.6) is 5.88 Å². The van der Waals surface area contributed by atoms with E-state index in [0.29, 0.717) is 30.1 Å². The number of aryl methyl sites for hydroxylation is 2. The lowest BCUT2D eigenvalue weighted by Gasteiger charge is -2.04. The van der Waals surface area contributed by atoms with E-state index in [1.807, 2.05) is 4.57 Å². The largest absolute Gasteiger partial charge is 0.479 e. The lowest BCUT2D eigenvalue weighted by molar-refractivity contribution is 0.0994. The molecular weight excluding hydrogens is 274 g/mol. The minimum absolute atomic E-state index is 0.120. The number of nitrogens with zero attached hydrogens (tertiary/aromatic N) is 6. The molecule has 1 radical (unpaired) electrons. The minimum Gasteiger partial charge on any atom is -0.479 e. The molecule has 0 aliphatic rings. The van der Waals surface area contributed by atoms with Gasteiger partial charge in [-0.3, -0.25) is 9.48 Å². The molecule has 21 heavy (non-hydrogen) atoms. The summed E-state index contributed by atoms with van der Waals surface area (Å²) in [4.78, 5) is 23.4. The molecule has 107 valence electrons. The van der Waals surface area contributed by atoms with E-state index in [0.717, 1.165) is 0 Å². The van der Waals surface area contributed by atoms with Crippen molar-refractivity contribution in [3.05, 3.63) is 30.6 Å². The smallest absolute Gasteiger partial charge is 0.269 e. The maximum absolute atomic E-state index is 11.0. The number of primary amides is 1. The van der Waals surface area contributed by atoms with Gasteiger partial charge in [0.1, 0.15) is 6.33 Å². The van der Waals surface area contributed by atoms with E-state index >= 15 is 0 Å². The van der Waals surface area contributed by atoms with Gasteiger partial charge in [0.05, 0.1) is 20.0 Å². The molecule has 0 fully saturated rings. The van der Waals surface area contributed by atoms with Crippen LogP contribution in [-0.2, 0) is 13.1 Å². The standard InChI is InChI=1S/C12H12N7O2/c1-21-12-9-11(14-6-15-12)18(7-16-9)4-5-19-3-2-8(17-19)10(13)20/h3,6-7H,4-5H2,1H3,(H2,13,20). The Kier molecular flexibility index (Phi) is 3.22. The van der Waals surface area contributed by atoms with E-state index in [4.69, 9.17) is 10.5 Å². The number of hydrogen-bond acceptors (Lipinski definition) is 6. The molecule has 3 heterocycles. The fourth-order valence-corrected chi connectivity index (χ4v) is 1.94. The number of hydrogen-bond donors (Lipinski definition) is 1. The lowest BCUT2D eigenvalue weighted by Crippen LogP contribution is -2.13. The first-order chi connectivity index (χ1) is 10.2. The predicted octanol–water partition coefficient (Wildman–Crippen LogP) is -0.369. The number of nitrogens with two attached hydrogens (primary N) is 1. The van der Waals surface area contributed by atoms with Crippen molar-refractivity contribution in [1.29, 1.82) is 0 Å². The number of carbonyl (C=O) groups excluding carboxylic acids is 1. The topological polar surface area (TPSA) is 114 Å². The van der Waals surface area contributed by atoms with Gasteiger partial charge < -0.3 is 15.0 Å². The molecule has 0 aliphatic carbocycles. The molecule has 0 bridgehead atoms. The second kappa shape index (κ2) is 5.19. The zero-order chi connectivity index (χ0) is 14.8. The summed E-state index contributed by atoms with van der Waals surface area (Å²) in [7, 11) is 1.53. The van der Waals surface area contributed by atoms with Crippen LogP contribution in [0.2, 0.25) is 0 Å². The van der Waals surface area contributed by atoms with Crippen molar-refractivity contribution in [2.75, 3.05) is 7.11 Å². The maximum Gasteiger partial charge on any atom is 0.269 e. The van der Waals surface area contributed by atoms with Crippen molar-refractivity contribution in [2.24, 2.45) is 5.73 Å². The van der Waals surface area contributed by atoms with Gasteiger partial charge in [-0.1, -0.05) is 0 Å². The first-order valence-electron chi connectivity index (χ1n) is 6.14. The van der Waals surface area contributed by atoms with Gasteiger partial charge in [0.2, 0.25) is 5.88 Å². The predicted molar refractivity (Wildman–Crippen MR) is 71.5 cm³/mol. The summed E-state index contributed by atoms with van der Waals surface area (Å²) in [5.41, 5.74) is 6.53. The van der Waals surface area contributed by atoms with Crippen LogP contribution in [0.1, 0.15) is 10.5 Å². The van der Waals surface area contributed by atoms with Crippen LogP contribution in [0, 0.1) is 6.07 Å². The van der Waals surface area contributed by atoms with Gasteiger partial charge in [0, 0.05) is 18.8 Å². The van der Waals surface area contributed by atoms with Crippen molar-refractivity contribution < 1.29 is 9.53 Å². The molecule has 1 amide bonds. The summed E-state index contributed by atoms with van der Waals surface area (Å²) in [6.45, 7) is 1.10. The summed E-state index contributed by atoms with van der Waals surface area (Å²) in [5.74, 6) is -0.165. The molecule has 0 spiro atoms. The molecule has 3 aromatic heterocycles. The van der Waals surface area contributed by atoms with Crippen molar-refractivity contribution in [3.8, 4) is 5.88 Å². The van der Waals surface area contributed by atoms with Crippen LogP contribution in [0.25, 0.3) is 11.2 Å². The Morgan fingerprint density at radius 1 is 1.38 bits per heavy atom. The Morgan fingerprint density at radius 2 is 2.24 bits per heavy atom. The highest BCUT2D eigenvalue weighted by molar-refractivity contribution is 5.90. The first kappa shape index (κ1) is 13.0. The van der Waals surface area contributed by atoms with E-state index in [-0.39, 0.29) is 5.69 Å². The molecule has 0 unspecified atom stereocenters. The minimum atomic E-state index is -0.598. The van der Waals surface area contributed by atoms with E-state index in [1.165, 1.54) is 13.4 Å². The zero-order valence-electron chi connectivity index (χ0n) is 11.2. The van der Waals surface area contributed by atoms with Gasteiger partial charge >= 0.3 is 0 Å². The van der Waals surface area contributed by atoms with Gasteiger partial charge in [0.15, 0.2) is 16.9 Å². The van der Waals surface area contributed by atoms with Gasteiger partial charge in [-0.25, -0.2) is 9.97 Å². The van der Waals surface area contributed by atoms with Gasteiger partial charge in [-0.05, 0) is 0 Å². The van der Waals surface area contributed by atoms with Crippen LogP contribution < -0.4 is 10.5 Å². The molecule has 0 aliphatic heterocycles. The Morgan fingerprint density at radius 3 is 2.95 bits per heavy atom. The number of rotatable bonds is 5. The second-order valence-electron chi connectivity index (χ2n) is 4.24. The monoisotopic (exact) mass is 286 g/mol. The molecule has 0 aromatic carbocycles. The van der Waals surface area contributed by atoms with Crippen LogP contribution in [-0.4, -0.2) is 42.3 Å². The molecular formula is C12H12N7O2. The lowest BCUT2D eigenvalue weighted by atomic mass is 10.4. The number of imidazole rings is 1. The molecule has 0 saturated heterocycles. The highest BCUT2D eigenvalue weighted by Crippen LogP contribution is 2.18. The highest BCUT2D eigenvalue weighted by atomic mass is 16.5. The molecule has 3 aromatic rings. The normalized spacial score (nSPS) is 10.9. The summed E-state index contributed by atoms with van der Waals surface area (Å²) in [6.07, 6.45) is 4.66. The van der Waals surface area contributed by atoms with Crippen LogP contribution in [0.3, 0.4) is 0 Å². The van der Waals surface area contributed by atoms with Crippen LogP contribution in [0.4, 0.5) is 0 Å². The average Bonchev–Trinajstić information content (AvgIpc) is 3.11. The highest BCUT2D eigenvalue weighted by Gasteiger charge is 2.10. The summed E-state index contributed by atoms with van der Waals surface area (Å²) in [6, 6.07) is 2.70. The number of aromatic nitrogens is 6. The third-order valence-electron chi connectivity index (χ3n) is 2.94. The quantitative estimate of drug-likeness (QED) is 0.684. The number of amides is 1. The Balaban J connectivity index is 1.80. The first-order valence-corrected chi connectivity index (χ1v) is 6.14. The van der Waals surface area contributed by atoms with E-state index < -0.39 is 5.91 Å². The van der Waals surface area contributed by atoms with Crippen LogP contribution in [0.15, 0.2) is 18.9 Å². The van der Waals surface area contributed by atoms with E-state index in [1.54, 1.807) is 17.2 Å². The summed E-state index contributed by atoms with van der Waals surface area (Å²) >= 11 is 0. The van der Waals surface area contributed by atoms with E-state index in [9.17, 15) is 4.79 Å². The summed E-state index contributed by atoms with van der Waals surface area (Å²) in [5, 5.41) is 4.02. The Hall–Kier alpha value is -2.97. The fraction of sp³-hybridized carbons (Fsp3) is 0.250. The molecule has 3 rings (SSSR count). The molecule has 9 nitrogen and oxygen atoms in total. The van der Waals surface area contributed by atoms with E-state index in [2.05, 4.69) is 26.1 Å². The van der Waals surface area contributed by atoms with Crippen molar-refractivity contribution in [2.45, 2.75) is 13.1 Å². The van der Waals surface area contributed by atoms with Crippen LogP contribution >= 0.6 is 0 Å². The molecule has 0 saturated carbocycles. The number of carbonyl (C=O) groups is 1. The SMILES string of the molecule is COc1ncnc2c1ncn2CCn1c[c]c(C(N)=O)n1. The van der Waals surface area contributed by atoms with Gasteiger partial charge in [0.25, 0.3) is 5.91 Å². The van der Waals surface area contributed by atoms with Gasteiger partial charge in [-0.2, -0.15) is 10.1 Å². The van der Waals surface area contributed by atoms with Crippen molar-refractivity contribution in [3.63, 3.8) is 0 Å². The maximum atomic E-state index is 11.0. The third-order valence-corrected chi connectivity index (χ3v) is 2.94. The van der Waals surface area contributed by atoms with Crippen molar-refractivity contribution in [1.82, 2.24) is 29.3 Å². The average molecular weight is 286 g/mol. The Labute approximate surface area is 119 Å². The number of ether oxygens (including phenoxy) is 1. The fourth-order valence-electron chi connectivity index (χ4n) is 1.94. The number of fused-ring (bicyclic) bond motifs is 1. The third kappa shape index (κ3) is 2.40. The van der Waals surface area contributed by atoms with Gasteiger partial charge in [-0.15, -0.1) is 0 Å². The molecule has 0 atom stereocenters. The summed E-state index contributed by atoms with van der Waals surface area (Å²) < 4.78 is 8.57.